The molecule has 5 heteroatoms. The summed E-state index contributed by atoms with van der Waals surface area (Å²) in [5, 5.41) is 12.2. The summed E-state index contributed by atoms with van der Waals surface area (Å²) in [7, 11) is 0. The summed E-state index contributed by atoms with van der Waals surface area (Å²) in [5.74, 6) is -0.644. The van der Waals surface area contributed by atoms with Crippen LogP contribution in [0.25, 0.3) is 0 Å². The van der Waals surface area contributed by atoms with Gasteiger partial charge in [-0.2, -0.15) is 0 Å². The van der Waals surface area contributed by atoms with E-state index in [0.717, 1.165) is 0 Å². The lowest BCUT2D eigenvalue weighted by atomic mass is 10.1. The van der Waals surface area contributed by atoms with E-state index < -0.39 is 6.10 Å². The van der Waals surface area contributed by atoms with E-state index in [1.54, 1.807) is 6.92 Å². The number of carbonyl (C=O) groups excluding carboxylic acids is 1. The zero-order valence-corrected chi connectivity index (χ0v) is 9.65. The van der Waals surface area contributed by atoms with Gasteiger partial charge in [0.05, 0.1) is 6.10 Å². The zero-order valence-electron chi connectivity index (χ0n) is 9.65. The fourth-order valence-electron chi connectivity index (χ4n) is 1.26. The molecule has 0 saturated carbocycles. The fourth-order valence-corrected chi connectivity index (χ4v) is 1.26. The van der Waals surface area contributed by atoms with Crippen LogP contribution in [0.5, 0.6) is 0 Å². The lowest BCUT2D eigenvalue weighted by Crippen LogP contribution is -2.31. The van der Waals surface area contributed by atoms with Gasteiger partial charge in [-0.15, -0.1) is 0 Å². The summed E-state index contributed by atoms with van der Waals surface area (Å²) in [5.41, 5.74) is 0.558. The number of rotatable bonds is 6. The topological polar surface area (TPSA) is 58.6 Å². The highest BCUT2D eigenvalue weighted by atomic mass is 19.1. The predicted octanol–water partition coefficient (Wildman–Crippen LogP) is 1.01. The van der Waals surface area contributed by atoms with Gasteiger partial charge in [0.1, 0.15) is 12.4 Å². The Labute approximate surface area is 99.4 Å². The minimum atomic E-state index is -0.846. The van der Waals surface area contributed by atoms with Gasteiger partial charge >= 0.3 is 0 Å². The van der Waals surface area contributed by atoms with Crippen LogP contribution in [0.3, 0.4) is 0 Å². The second kappa shape index (κ2) is 6.98. The van der Waals surface area contributed by atoms with Crippen LogP contribution < -0.4 is 5.32 Å². The monoisotopic (exact) mass is 241 g/mol. The van der Waals surface area contributed by atoms with E-state index in [1.165, 1.54) is 24.3 Å². The van der Waals surface area contributed by atoms with Crippen molar-refractivity contribution in [3.63, 3.8) is 0 Å². The van der Waals surface area contributed by atoms with Gasteiger partial charge in [-0.05, 0) is 24.6 Å². The fraction of sp³-hybridized carbons (Fsp3) is 0.417. The van der Waals surface area contributed by atoms with Crippen LogP contribution in [0.15, 0.2) is 24.3 Å². The smallest absolute Gasteiger partial charge is 0.246 e. The third-order valence-electron chi connectivity index (χ3n) is 2.18. The average molecular weight is 241 g/mol. The maximum absolute atomic E-state index is 12.6. The van der Waals surface area contributed by atoms with Gasteiger partial charge in [0.25, 0.3) is 0 Å². The molecule has 94 valence electrons. The van der Waals surface area contributed by atoms with Crippen molar-refractivity contribution in [1.29, 1.82) is 0 Å². The van der Waals surface area contributed by atoms with Crippen molar-refractivity contribution in [3.8, 4) is 0 Å². The molecule has 2 N–H and O–H groups in total. The second-order valence-electron chi connectivity index (χ2n) is 3.51. The number of ether oxygens (including phenoxy) is 1. The van der Waals surface area contributed by atoms with Crippen molar-refractivity contribution in [1.82, 2.24) is 5.32 Å². The quantitative estimate of drug-likeness (QED) is 0.781. The first-order valence-corrected chi connectivity index (χ1v) is 5.41. The van der Waals surface area contributed by atoms with Crippen LogP contribution in [0, 0.1) is 5.82 Å². The van der Waals surface area contributed by atoms with E-state index >= 15 is 0 Å². The normalized spacial score (nSPS) is 12.2. The first kappa shape index (κ1) is 13.6. The van der Waals surface area contributed by atoms with E-state index in [4.69, 9.17) is 4.74 Å². The Balaban J connectivity index is 2.36. The summed E-state index contributed by atoms with van der Waals surface area (Å²) < 4.78 is 17.5. The van der Waals surface area contributed by atoms with Crippen LogP contribution in [0.2, 0.25) is 0 Å². The van der Waals surface area contributed by atoms with Gasteiger partial charge in [0.2, 0.25) is 5.91 Å². The van der Waals surface area contributed by atoms with E-state index in [1.807, 2.05) is 0 Å². The lowest BCUT2D eigenvalue weighted by molar-refractivity contribution is -0.126. The molecule has 0 radical (unpaired) electrons. The minimum Gasteiger partial charge on any atom is -0.387 e. The summed E-state index contributed by atoms with van der Waals surface area (Å²) >= 11 is 0. The number of hydrogen-bond acceptors (Lipinski definition) is 3. The maximum Gasteiger partial charge on any atom is 0.246 e. The SMILES string of the molecule is CCOCC(=O)NCC(O)c1ccc(F)cc1. The number of carbonyl (C=O) groups is 1. The number of hydrogen-bond donors (Lipinski definition) is 2. The number of nitrogens with one attached hydrogen (secondary N) is 1. The molecular formula is C12H16FNO3. The third-order valence-corrected chi connectivity index (χ3v) is 2.18. The summed E-state index contributed by atoms with van der Waals surface area (Å²) in [4.78, 5) is 11.2. The van der Waals surface area contributed by atoms with Crippen LogP contribution in [0.1, 0.15) is 18.6 Å². The van der Waals surface area contributed by atoms with Gasteiger partial charge < -0.3 is 15.2 Å². The Morgan fingerprint density at radius 2 is 2.12 bits per heavy atom. The highest BCUT2D eigenvalue weighted by Crippen LogP contribution is 2.12. The van der Waals surface area contributed by atoms with Gasteiger partial charge in [0, 0.05) is 13.2 Å². The van der Waals surface area contributed by atoms with Gasteiger partial charge in [-0.3, -0.25) is 4.79 Å². The molecule has 1 aromatic carbocycles. The van der Waals surface area contributed by atoms with Crippen molar-refractivity contribution in [3.05, 3.63) is 35.6 Å². The molecule has 1 amide bonds. The van der Waals surface area contributed by atoms with Gasteiger partial charge in [-0.25, -0.2) is 4.39 Å². The molecular weight excluding hydrogens is 225 g/mol. The molecule has 1 unspecified atom stereocenters. The highest BCUT2D eigenvalue weighted by Gasteiger charge is 2.09. The molecule has 0 aliphatic rings. The molecule has 0 spiro atoms. The Bertz CT molecular complexity index is 353. The molecule has 4 nitrogen and oxygen atoms in total. The molecule has 0 aliphatic carbocycles. The number of aliphatic hydroxyl groups excluding tert-OH is 1. The third kappa shape index (κ3) is 4.93. The lowest BCUT2D eigenvalue weighted by Gasteiger charge is -2.12. The average Bonchev–Trinajstić information content (AvgIpc) is 2.34. The van der Waals surface area contributed by atoms with Crippen LogP contribution in [0.4, 0.5) is 4.39 Å². The number of amides is 1. The molecule has 17 heavy (non-hydrogen) atoms. The van der Waals surface area contributed by atoms with E-state index in [9.17, 15) is 14.3 Å². The molecule has 0 aromatic heterocycles. The number of benzene rings is 1. The Kier molecular flexibility index (Phi) is 5.59. The highest BCUT2D eigenvalue weighted by molar-refractivity contribution is 5.77. The Morgan fingerprint density at radius 3 is 2.71 bits per heavy atom. The largest absolute Gasteiger partial charge is 0.387 e. The van der Waals surface area contributed by atoms with E-state index in [2.05, 4.69) is 5.32 Å². The Hall–Kier alpha value is -1.46. The molecule has 1 aromatic rings. The maximum atomic E-state index is 12.6. The molecule has 0 heterocycles. The van der Waals surface area contributed by atoms with Crippen molar-refractivity contribution in [2.45, 2.75) is 13.0 Å². The summed E-state index contributed by atoms with van der Waals surface area (Å²) in [6, 6.07) is 5.49. The van der Waals surface area contributed by atoms with Crippen molar-refractivity contribution in [2.75, 3.05) is 19.8 Å². The van der Waals surface area contributed by atoms with Crippen molar-refractivity contribution in [2.24, 2.45) is 0 Å². The second-order valence-corrected chi connectivity index (χ2v) is 3.51. The molecule has 0 fully saturated rings. The van der Waals surface area contributed by atoms with Crippen LogP contribution in [-0.2, 0) is 9.53 Å². The van der Waals surface area contributed by atoms with Crippen molar-refractivity contribution < 1.29 is 19.0 Å². The first-order valence-electron chi connectivity index (χ1n) is 5.41. The molecule has 1 atom stereocenters. The summed E-state index contributed by atoms with van der Waals surface area (Å²) in [6.45, 7) is 2.32. The first-order chi connectivity index (χ1) is 8.13. The number of halogens is 1. The van der Waals surface area contributed by atoms with E-state index in [-0.39, 0.29) is 24.9 Å². The van der Waals surface area contributed by atoms with Gasteiger partial charge in [-0.1, -0.05) is 12.1 Å². The standard InChI is InChI=1S/C12H16FNO3/c1-2-17-8-12(16)14-7-11(15)9-3-5-10(13)6-4-9/h3-6,11,15H,2,7-8H2,1H3,(H,14,16). The van der Waals surface area contributed by atoms with Crippen LogP contribution >= 0.6 is 0 Å². The molecule has 1 rings (SSSR count). The van der Waals surface area contributed by atoms with Crippen LogP contribution in [-0.4, -0.2) is 30.8 Å². The molecule has 0 bridgehead atoms. The minimum absolute atomic E-state index is 0.0212. The predicted molar refractivity (Wildman–Crippen MR) is 60.9 cm³/mol. The molecule has 0 aliphatic heterocycles. The zero-order chi connectivity index (χ0) is 12.7. The van der Waals surface area contributed by atoms with Gasteiger partial charge in [0.15, 0.2) is 0 Å². The Morgan fingerprint density at radius 1 is 1.47 bits per heavy atom. The van der Waals surface area contributed by atoms with Crippen molar-refractivity contribution >= 4 is 5.91 Å². The molecule has 0 saturated heterocycles. The van der Waals surface area contributed by atoms with E-state index in [0.29, 0.717) is 12.2 Å². The summed E-state index contributed by atoms with van der Waals surface area (Å²) in [6.07, 6.45) is -0.846. The number of aliphatic hydroxyl groups is 1.